The van der Waals surface area contributed by atoms with Gasteiger partial charge in [0.05, 0.1) is 6.61 Å². The second-order valence-corrected chi connectivity index (χ2v) is 7.77. The molecule has 1 aromatic heterocycles. The van der Waals surface area contributed by atoms with Crippen molar-refractivity contribution in [3.8, 4) is 0 Å². The molecular weight excluding hydrogens is 318 g/mol. The van der Waals surface area contributed by atoms with Crippen LogP contribution in [0.4, 0.5) is 4.39 Å². The van der Waals surface area contributed by atoms with Crippen LogP contribution in [0.25, 0.3) is 0 Å². The van der Waals surface area contributed by atoms with Crippen LogP contribution in [0.3, 0.4) is 0 Å². The fourth-order valence-electron chi connectivity index (χ4n) is 2.68. The summed E-state index contributed by atoms with van der Waals surface area (Å²) < 4.78 is 44.3. The minimum Gasteiger partial charge on any atom is -0.346 e. The van der Waals surface area contributed by atoms with Crippen LogP contribution in [0, 0.1) is 0 Å². The summed E-state index contributed by atoms with van der Waals surface area (Å²) >= 11 is 0. The molecule has 122 valence electrons. The largest absolute Gasteiger partial charge is 0.346 e. The number of alkyl halides is 1. The van der Waals surface area contributed by atoms with E-state index < -0.39 is 42.9 Å². The Labute approximate surface area is 124 Å². The van der Waals surface area contributed by atoms with Crippen molar-refractivity contribution in [3.63, 3.8) is 0 Å². The van der Waals surface area contributed by atoms with Gasteiger partial charge in [0.1, 0.15) is 12.2 Å². The van der Waals surface area contributed by atoms with E-state index in [4.69, 9.17) is 13.8 Å². The van der Waals surface area contributed by atoms with Crippen LogP contribution in [0.15, 0.2) is 21.9 Å². The number of rotatable bonds is 2. The Morgan fingerprint density at radius 1 is 1.55 bits per heavy atom. The Balaban J connectivity index is 1.98. The summed E-state index contributed by atoms with van der Waals surface area (Å²) in [7, 11) is -3.35. The highest BCUT2D eigenvalue weighted by Crippen LogP contribution is 2.58. The van der Waals surface area contributed by atoms with Gasteiger partial charge >= 0.3 is 13.3 Å². The zero-order valence-corrected chi connectivity index (χ0v) is 12.9. The highest BCUT2D eigenvalue weighted by atomic mass is 31.2. The third-order valence-electron chi connectivity index (χ3n) is 3.88. The summed E-state index contributed by atoms with van der Waals surface area (Å²) in [5.74, 6) is 0. The third kappa shape index (κ3) is 2.38. The highest BCUT2D eigenvalue weighted by molar-refractivity contribution is 7.53. The monoisotopic (exact) mass is 334 g/mol. The lowest BCUT2D eigenvalue weighted by atomic mass is 9.98. The standard InChI is InChI=1S/C12H16FN2O6P/c1-3-22(18)19-6-7-9(21-22)12(2,13)10(20-7)15-5-4-8(16)14-11(15)17/h4-5,7,9-10H,3,6H2,1-2H3,(H,14,16,17)/t7-,9-,10-,12-,22?/m1/s1. The molecule has 0 aliphatic carbocycles. The second-order valence-electron chi connectivity index (χ2n) is 5.44. The number of nitrogens with zero attached hydrogens (tertiary/aromatic N) is 1. The molecule has 5 atom stereocenters. The molecule has 22 heavy (non-hydrogen) atoms. The lowest BCUT2D eigenvalue weighted by molar-refractivity contribution is -0.0632. The number of aromatic amines is 1. The van der Waals surface area contributed by atoms with E-state index in [0.29, 0.717) is 0 Å². The van der Waals surface area contributed by atoms with Gasteiger partial charge in [-0.05, 0) is 6.92 Å². The van der Waals surface area contributed by atoms with E-state index in [1.807, 2.05) is 4.98 Å². The SMILES string of the molecule is CCP1(=O)OC[C@H]2O[C@@H](n3ccc(=O)[nH]c3=O)[C@](C)(F)[C@@H]2O1. The summed E-state index contributed by atoms with van der Waals surface area (Å²) in [6.45, 7) is 2.76. The summed E-state index contributed by atoms with van der Waals surface area (Å²) in [5, 5.41) is 0. The molecule has 1 aromatic rings. The van der Waals surface area contributed by atoms with Gasteiger partial charge in [-0.1, -0.05) is 6.92 Å². The van der Waals surface area contributed by atoms with Crippen molar-refractivity contribution >= 4 is 7.60 Å². The fraction of sp³-hybridized carbons (Fsp3) is 0.667. The molecule has 2 saturated heterocycles. The molecule has 1 N–H and O–H groups in total. The van der Waals surface area contributed by atoms with Crippen molar-refractivity contribution in [2.75, 3.05) is 12.8 Å². The van der Waals surface area contributed by atoms with Crippen molar-refractivity contribution in [1.82, 2.24) is 9.55 Å². The Morgan fingerprint density at radius 3 is 2.91 bits per heavy atom. The Hall–Kier alpha value is -1.28. The molecule has 0 amide bonds. The molecule has 0 spiro atoms. The number of fused-ring (bicyclic) bond motifs is 1. The normalized spacial score (nSPS) is 41.3. The maximum atomic E-state index is 15.2. The molecule has 0 aromatic carbocycles. The van der Waals surface area contributed by atoms with Gasteiger partial charge in [-0.2, -0.15) is 0 Å². The van der Waals surface area contributed by atoms with Gasteiger partial charge in [0, 0.05) is 18.4 Å². The second kappa shape index (κ2) is 5.13. The van der Waals surface area contributed by atoms with Gasteiger partial charge < -0.3 is 9.26 Å². The minimum absolute atomic E-state index is 0.0795. The maximum Gasteiger partial charge on any atom is 0.330 e. The Kier molecular flexibility index (Phi) is 3.64. The summed E-state index contributed by atoms with van der Waals surface area (Å²) in [6.07, 6.45) is -1.93. The van der Waals surface area contributed by atoms with Gasteiger partial charge in [-0.3, -0.25) is 23.4 Å². The van der Waals surface area contributed by atoms with Crippen LogP contribution < -0.4 is 11.2 Å². The minimum atomic E-state index is -3.35. The van der Waals surface area contributed by atoms with Crippen molar-refractivity contribution < 1.29 is 22.7 Å². The predicted molar refractivity (Wildman–Crippen MR) is 73.7 cm³/mol. The Morgan fingerprint density at radius 2 is 2.27 bits per heavy atom. The molecule has 0 radical (unpaired) electrons. The van der Waals surface area contributed by atoms with E-state index in [9.17, 15) is 14.2 Å². The molecule has 0 bridgehead atoms. The van der Waals surface area contributed by atoms with Gasteiger partial charge in [0.2, 0.25) is 0 Å². The highest BCUT2D eigenvalue weighted by Gasteiger charge is 2.60. The van der Waals surface area contributed by atoms with E-state index in [0.717, 1.165) is 16.8 Å². The van der Waals surface area contributed by atoms with Crippen LogP contribution >= 0.6 is 7.60 Å². The molecule has 2 aliphatic heterocycles. The number of H-pyrrole nitrogens is 1. The number of nitrogens with one attached hydrogen (secondary N) is 1. The van der Waals surface area contributed by atoms with Crippen LogP contribution in [-0.2, 0) is 18.3 Å². The first-order chi connectivity index (χ1) is 10.3. The van der Waals surface area contributed by atoms with Crippen LogP contribution in [-0.4, -0.2) is 40.2 Å². The molecule has 2 fully saturated rings. The first kappa shape index (κ1) is 15.6. The van der Waals surface area contributed by atoms with E-state index in [1.165, 1.54) is 6.92 Å². The maximum absolute atomic E-state index is 15.2. The third-order valence-corrected chi connectivity index (χ3v) is 5.75. The molecule has 0 saturated carbocycles. The van der Waals surface area contributed by atoms with E-state index in [-0.39, 0.29) is 12.8 Å². The lowest BCUT2D eigenvalue weighted by Gasteiger charge is -2.34. The molecule has 8 nitrogen and oxygen atoms in total. The molecule has 10 heteroatoms. The molecule has 2 aliphatic rings. The summed E-state index contributed by atoms with van der Waals surface area (Å²) in [5.41, 5.74) is -3.49. The van der Waals surface area contributed by atoms with Gasteiger partial charge in [0.25, 0.3) is 5.56 Å². The van der Waals surface area contributed by atoms with Crippen molar-refractivity contribution in [3.05, 3.63) is 33.1 Å². The van der Waals surface area contributed by atoms with Gasteiger partial charge in [-0.15, -0.1) is 0 Å². The first-order valence-corrected chi connectivity index (χ1v) is 8.57. The molecular formula is C12H16FN2O6P. The zero-order chi connectivity index (χ0) is 16.1. The summed E-state index contributed by atoms with van der Waals surface area (Å²) in [4.78, 5) is 25.0. The van der Waals surface area contributed by atoms with E-state index in [1.54, 1.807) is 6.92 Å². The zero-order valence-electron chi connectivity index (χ0n) is 12.0. The molecule has 3 heterocycles. The average Bonchev–Trinajstić information content (AvgIpc) is 2.71. The number of ether oxygens (including phenoxy) is 1. The Bertz CT molecular complexity index is 744. The van der Waals surface area contributed by atoms with Gasteiger partial charge in [-0.25, -0.2) is 9.18 Å². The van der Waals surface area contributed by atoms with E-state index >= 15 is 4.39 Å². The van der Waals surface area contributed by atoms with Crippen LogP contribution in [0.2, 0.25) is 0 Å². The quantitative estimate of drug-likeness (QED) is 0.803. The number of halogens is 1. The number of hydrogen-bond donors (Lipinski definition) is 1. The van der Waals surface area contributed by atoms with Crippen molar-refractivity contribution in [2.45, 2.75) is 38.0 Å². The van der Waals surface area contributed by atoms with Crippen LogP contribution in [0.1, 0.15) is 20.1 Å². The van der Waals surface area contributed by atoms with Crippen molar-refractivity contribution in [2.24, 2.45) is 0 Å². The smallest absolute Gasteiger partial charge is 0.330 e. The molecule has 1 unspecified atom stereocenters. The first-order valence-electron chi connectivity index (χ1n) is 6.85. The van der Waals surface area contributed by atoms with E-state index in [2.05, 4.69) is 0 Å². The number of hydrogen-bond acceptors (Lipinski definition) is 6. The number of aromatic nitrogens is 2. The van der Waals surface area contributed by atoms with Crippen molar-refractivity contribution in [1.29, 1.82) is 0 Å². The van der Waals surface area contributed by atoms with Gasteiger partial charge in [0.15, 0.2) is 11.9 Å². The predicted octanol–water partition coefficient (Wildman–Crippen LogP) is 0.791. The average molecular weight is 334 g/mol. The lowest BCUT2D eigenvalue weighted by Crippen LogP contribution is -2.46. The molecule has 3 rings (SSSR count). The summed E-state index contributed by atoms with van der Waals surface area (Å²) in [6, 6.07) is 1.09. The topological polar surface area (TPSA) is 99.6 Å². The van der Waals surface area contributed by atoms with Crippen LogP contribution in [0.5, 0.6) is 0 Å². The fourth-order valence-corrected chi connectivity index (χ4v) is 4.13.